The van der Waals surface area contributed by atoms with Crippen molar-refractivity contribution < 1.29 is 9.53 Å². The molecule has 0 atom stereocenters. The van der Waals surface area contributed by atoms with Gasteiger partial charge in [-0.1, -0.05) is 6.92 Å². The number of thioether (sulfide) groups is 1. The topological polar surface area (TPSA) is 29.5 Å². The van der Waals surface area contributed by atoms with Gasteiger partial charge >= 0.3 is 0 Å². The predicted molar refractivity (Wildman–Crippen MR) is 88.0 cm³/mol. The Bertz CT molecular complexity index is 452. The Morgan fingerprint density at radius 3 is 2.43 bits per heavy atom. The number of rotatable bonds is 5. The predicted octanol–water partition coefficient (Wildman–Crippen LogP) is 3.83. The molecular formula is C17H25NO2S. The minimum atomic E-state index is 0.143. The Morgan fingerprint density at radius 2 is 1.90 bits per heavy atom. The molecule has 0 bridgehead atoms. The van der Waals surface area contributed by atoms with Crippen molar-refractivity contribution in [2.75, 3.05) is 19.0 Å². The van der Waals surface area contributed by atoms with Gasteiger partial charge in [0.1, 0.15) is 0 Å². The van der Waals surface area contributed by atoms with Gasteiger partial charge in [0.15, 0.2) is 0 Å². The second-order valence-electron chi connectivity index (χ2n) is 5.61. The molecule has 1 aliphatic rings. The lowest BCUT2D eigenvalue weighted by Gasteiger charge is -2.37. The van der Waals surface area contributed by atoms with Gasteiger partial charge < -0.3 is 9.64 Å². The number of nitrogens with zero attached hydrogens (tertiary/aromatic N) is 1. The van der Waals surface area contributed by atoms with Crippen molar-refractivity contribution in [2.45, 2.75) is 50.6 Å². The molecule has 0 radical (unpaired) electrons. The van der Waals surface area contributed by atoms with Crippen molar-refractivity contribution in [3.8, 4) is 0 Å². The molecule has 4 heteroatoms. The Balaban J connectivity index is 2.13. The van der Waals surface area contributed by atoms with Crippen LogP contribution in [0, 0.1) is 0 Å². The van der Waals surface area contributed by atoms with Gasteiger partial charge in [0, 0.05) is 35.8 Å². The molecule has 1 aromatic rings. The first-order chi connectivity index (χ1) is 10.1. The lowest BCUT2D eigenvalue weighted by atomic mass is 10.0. The summed E-state index contributed by atoms with van der Waals surface area (Å²) < 4.78 is 5.42. The standard InChI is InChI=1S/C17H25NO2S/c1-4-21-16-7-5-14(6-8-16)17(19)18(13(2)3)15-9-11-20-12-10-15/h5-8,13,15H,4,9-12H2,1-3H3. The largest absolute Gasteiger partial charge is 0.381 e. The van der Waals surface area contributed by atoms with Crippen molar-refractivity contribution in [2.24, 2.45) is 0 Å². The SMILES string of the molecule is CCSc1ccc(C(=O)N(C(C)C)C2CCOCC2)cc1. The number of benzene rings is 1. The van der Waals surface area contributed by atoms with Gasteiger partial charge in [-0.05, 0) is 56.7 Å². The lowest BCUT2D eigenvalue weighted by molar-refractivity contribution is 0.0206. The van der Waals surface area contributed by atoms with E-state index in [1.807, 2.05) is 29.2 Å². The van der Waals surface area contributed by atoms with Gasteiger partial charge in [0.25, 0.3) is 5.91 Å². The highest BCUT2D eigenvalue weighted by atomic mass is 32.2. The van der Waals surface area contributed by atoms with Crippen molar-refractivity contribution in [1.29, 1.82) is 0 Å². The second-order valence-corrected chi connectivity index (χ2v) is 6.94. The number of carbonyl (C=O) groups is 1. The van der Waals surface area contributed by atoms with Crippen molar-refractivity contribution >= 4 is 17.7 Å². The van der Waals surface area contributed by atoms with Crippen LogP contribution in [0.3, 0.4) is 0 Å². The third-order valence-corrected chi connectivity index (χ3v) is 4.68. The molecule has 0 spiro atoms. The summed E-state index contributed by atoms with van der Waals surface area (Å²) in [5.74, 6) is 1.19. The van der Waals surface area contributed by atoms with Crippen LogP contribution in [0.1, 0.15) is 44.0 Å². The summed E-state index contributed by atoms with van der Waals surface area (Å²) in [6, 6.07) is 8.51. The van der Waals surface area contributed by atoms with E-state index in [9.17, 15) is 4.79 Å². The maximum Gasteiger partial charge on any atom is 0.254 e. The van der Waals surface area contributed by atoms with E-state index in [-0.39, 0.29) is 11.9 Å². The van der Waals surface area contributed by atoms with E-state index < -0.39 is 0 Å². The molecule has 0 aromatic heterocycles. The zero-order valence-corrected chi connectivity index (χ0v) is 14.0. The van der Waals surface area contributed by atoms with Crippen LogP contribution in [0.15, 0.2) is 29.2 Å². The average molecular weight is 307 g/mol. The third-order valence-electron chi connectivity index (χ3n) is 3.79. The van der Waals surface area contributed by atoms with Crippen LogP contribution in [-0.4, -0.2) is 41.9 Å². The van der Waals surface area contributed by atoms with E-state index in [1.54, 1.807) is 11.8 Å². The first-order valence-electron chi connectivity index (χ1n) is 7.76. The monoisotopic (exact) mass is 307 g/mol. The van der Waals surface area contributed by atoms with E-state index in [0.717, 1.165) is 37.4 Å². The van der Waals surface area contributed by atoms with Crippen LogP contribution < -0.4 is 0 Å². The summed E-state index contributed by atoms with van der Waals surface area (Å²) in [5, 5.41) is 0. The van der Waals surface area contributed by atoms with Crippen molar-refractivity contribution in [3.63, 3.8) is 0 Å². The molecule has 1 heterocycles. The molecule has 3 nitrogen and oxygen atoms in total. The quantitative estimate of drug-likeness (QED) is 0.774. The van der Waals surface area contributed by atoms with Crippen LogP contribution in [0.2, 0.25) is 0 Å². The Hall–Kier alpha value is -1.00. The van der Waals surface area contributed by atoms with Gasteiger partial charge in [0.05, 0.1) is 0 Å². The molecule has 1 aromatic carbocycles. The third kappa shape index (κ3) is 4.24. The van der Waals surface area contributed by atoms with Crippen LogP contribution in [-0.2, 0) is 4.74 Å². The van der Waals surface area contributed by atoms with Gasteiger partial charge in [-0.2, -0.15) is 0 Å². The van der Waals surface area contributed by atoms with Gasteiger partial charge in [-0.15, -0.1) is 11.8 Å². The highest BCUT2D eigenvalue weighted by molar-refractivity contribution is 7.99. The van der Waals surface area contributed by atoms with Crippen LogP contribution in [0.25, 0.3) is 0 Å². The molecule has 1 fully saturated rings. The zero-order chi connectivity index (χ0) is 15.2. The number of amides is 1. The first-order valence-corrected chi connectivity index (χ1v) is 8.75. The van der Waals surface area contributed by atoms with E-state index in [1.165, 1.54) is 4.90 Å². The minimum Gasteiger partial charge on any atom is -0.381 e. The van der Waals surface area contributed by atoms with Gasteiger partial charge in [-0.3, -0.25) is 4.79 Å². The smallest absolute Gasteiger partial charge is 0.254 e. The second kappa shape index (κ2) is 7.85. The lowest BCUT2D eigenvalue weighted by Crippen LogP contribution is -2.47. The van der Waals surface area contributed by atoms with Gasteiger partial charge in [-0.25, -0.2) is 0 Å². The van der Waals surface area contributed by atoms with E-state index in [4.69, 9.17) is 4.74 Å². The van der Waals surface area contributed by atoms with Crippen molar-refractivity contribution in [1.82, 2.24) is 4.90 Å². The minimum absolute atomic E-state index is 0.143. The van der Waals surface area contributed by atoms with E-state index in [0.29, 0.717) is 6.04 Å². The number of hydrogen-bond acceptors (Lipinski definition) is 3. The Morgan fingerprint density at radius 1 is 1.29 bits per heavy atom. The fourth-order valence-electron chi connectivity index (χ4n) is 2.79. The van der Waals surface area contributed by atoms with E-state index in [2.05, 4.69) is 20.8 Å². The molecule has 21 heavy (non-hydrogen) atoms. The number of hydrogen-bond donors (Lipinski definition) is 0. The number of carbonyl (C=O) groups excluding carboxylic acids is 1. The Kier molecular flexibility index (Phi) is 6.12. The summed E-state index contributed by atoms with van der Waals surface area (Å²) in [6.07, 6.45) is 1.88. The van der Waals surface area contributed by atoms with E-state index >= 15 is 0 Å². The molecule has 0 saturated carbocycles. The normalized spacial score (nSPS) is 16.2. The zero-order valence-electron chi connectivity index (χ0n) is 13.2. The highest BCUT2D eigenvalue weighted by Crippen LogP contribution is 2.22. The van der Waals surface area contributed by atoms with Crippen LogP contribution in [0.5, 0.6) is 0 Å². The first kappa shape index (κ1) is 16.4. The fraction of sp³-hybridized carbons (Fsp3) is 0.588. The summed E-state index contributed by atoms with van der Waals surface area (Å²) in [5.41, 5.74) is 0.788. The summed E-state index contributed by atoms with van der Waals surface area (Å²) in [4.78, 5) is 16.1. The summed E-state index contributed by atoms with van der Waals surface area (Å²) in [6.45, 7) is 7.83. The maximum absolute atomic E-state index is 12.8. The molecule has 1 amide bonds. The number of ether oxygens (including phenoxy) is 1. The molecule has 2 rings (SSSR count). The van der Waals surface area contributed by atoms with Gasteiger partial charge in [0.2, 0.25) is 0 Å². The summed E-state index contributed by atoms with van der Waals surface area (Å²) in [7, 11) is 0. The van der Waals surface area contributed by atoms with Crippen LogP contribution >= 0.6 is 11.8 Å². The van der Waals surface area contributed by atoms with Crippen molar-refractivity contribution in [3.05, 3.63) is 29.8 Å². The molecule has 1 aliphatic heterocycles. The molecule has 116 valence electrons. The molecule has 0 unspecified atom stereocenters. The molecular weight excluding hydrogens is 282 g/mol. The molecule has 0 aliphatic carbocycles. The molecule has 0 N–H and O–H groups in total. The highest BCUT2D eigenvalue weighted by Gasteiger charge is 2.28. The fourth-order valence-corrected chi connectivity index (χ4v) is 3.46. The average Bonchev–Trinajstić information content (AvgIpc) is 2.49. The molecule has 1 saturated heterocycles. The van der Waals surface area contributed by atoms with Crippen LogP contribution in [0.4, 0.5) is 0 Å². The maximum atomic E-state index is 12.8. The summed E-state index contributed by atoms with van der Waals surface area (Å²) >= 11 is 1.80. The Labute approximate surface area is 132 Å².